The van der Waals surface area contributed by atoms with Crippen molar-refractivity contribution in [2.45, 2.75) is 20.1 Å². The van der Waals surface area contributed by atoms with Gasteiger partial charge in [-0.15, -0.1) is 11.3 Å². The molecular formula is C18H18N2OS. The lowest BCUT2D eigenvalue weighted by Crippen LogP contribution is -1.99. The third kappa shape index (κ3) is 4.09. The molecule has 0 unspecified atom stereocenters. The highest BCUT2D eigenvalue weighted by molar-refractivity contribution is 7.13. The van der Waals surface area contributed by atoms with Crippen LogP contribution in [0.4, 0.5) is 5.13 Å². The van der Waals surface area contributed by atoms with E-state index in [9.17, 15) is 0 Å². The fourth-order valence-electron chi connectivity index (χ4n) is 2.04. The van der Waals surface area contributed by atoms with Gasteiger partial charge in [0.15, 0.2) is 5.13 Å². The molecule has 4 heteroatoms. The molecule has 1 N–H and O–H groups in total. The fourth-order valence-corrected chi connectivity index (χ4v) is 2.57. The molecule has 0 bridgehead atoms. The number of nitrogens with zero attached hydrogens (tertiary/aromatic N) is 1. The van der Waals surface area contributed by atoms with Crippen LogP contribution in [0.5, 0.6) is 5.75 Å². The van der Waals surface area contributed by atoms with E-state index in [2.05, 4.69) is 53.6 Å². The molecule has 1 heterocycles. The van der Waals surface area contributed by atoms with E-state index < -0.39 is 0 Å². The van der Waals surface area contributed by atoms with Crippen LogP contribution >= 0.6 is 11.3 Å². The first kappa shape index (κ1) is 14.6. The Balaban J connectivity index is 1.51. The number of aryl methyl sites for hydroxylation is 1. The first-order valence-electron chi connectivity index (χ1n) is 7.20. The molecular weight excluding hydrogens is 292 g/mol. The zero-order chi connectivity index (χ0) is 15.2. The number of nitrogens with one attached hydrogen (secondary N) is 1. The first-order valence-corrected chi connectivity index (χ1v) is 8.08. The number of aromatic nitrogens is 1. The Morgan fingerprint density at radius 2 is 1.73 bits per heavy atom. The van der Waals surface area contributed by atoms with Gasteiger partial charge in [0.1, 0.15) is 12.4 Å². The van der Waals surface area contributed by atoms with Gasteiger partial charge in [0, 0.05) is 18.1 Å². The minimum atomic E-state index is 0.594. The van der Waals surface area contributed by atoms with Crippen molar-refractivity contribution in [1.82, 2.24) is 4.98 Å². The predicted molar refractivity (Wildman–Crippen MR) is 91.4 cm³/mol. The van der Waals surface area contributed by atoms with Crippen LogP contribution in [-0.4, -0.2) is 4.98 Å². The average molecular weight is 310 g/mol. The highest BCUT2D eigenvalue weighted by Crippen LogP contribution is 2.16. The van der Waals surface area contributed by atoms with Crippen LogP contribution in [0.15, 0.2) is 60.1 Å². The largest absolute Gasteiger partial charge is 0.489 e. The molecule has 0 saturated heterocycles. The molecule has 0 radical (unpaired) electrons. The van der Waals surface area contributed by atoms with Crippen molar-refractivity contribution in [1.29, 1.82) is 0 Å². The molecule has 0 aliphatic carbocycles. The van der Waals surface area contributed by atoms with Gasteiger partial charge < -0.3 is 10.1 Å². The van der Waals surface area contributed by atoms with Gasteiger partial charge in [-0.2, -0.15) is 0 Å². The summed E-state index contributed by atoms with van der Waals surface area (Å²) in [6.45, 7) is 3.45. The van der Waals surface area contributed by atoms with Gasteiger partial charge in [-0.3, -0.25) is 0 Å². The second kappa shape index (κ2) is 7.09. The molecule has 0 spiro atoms. The summed E-state index contributed by atoms with van der Waals surface area (Å²) in [5.41, 5.74) is 3.65. The van der Waals surface area contributed by atoms with Crippen LogP contribution in [0.3, 0.4) is 0 Å². The van der Waals surface area contributed by atoms with Crippen molar-refractivity contribution >= 4 is 16.5 Å². The van der Waals surface area contributed by atoms with Crippen LogP contribution in [0, 0.1) is 6.92 Å². The van der Waals surface area contributed by atoms with Crippen molar-refractivity contribution in [3.63, 3.8) is 0 Å². The normalized spacial score (nSPS) is 10.4. The third-order valence-electron chi connectivity index (χ3n) is 3.33. The molecule has 0 atom stereocenters. The molecule has 3 nitrogen and oxygen atoms in total. The van der Waals surface area contributed by atoms with Crippen molar-refractivity contribution < 1.29 is 4.74 Å². The summed E-state index contributed by atoms with van der Waals surface area (Å²) in [4.78, 5) is 4.20. The maximum absolute atomic E-state index is 5.81. The number of thiazole rings is 1. The molecule has 2 aromatic carbocycles. The maximum atomic E-state index is 5.81. The Hall–Kier alpha value is -2.33. The quantitative estimate of drug-likeness (QED) is 0.720. The van der Waals surface area contributed by atoms with E-state index in [1.807, 2.05) is 17.5 Å². The summed E-state index contributed by atoms with van der Waals surface area (Å²) in [6, 6.07) is 16.6. The molecule has 3 rings (SSSR count). The molecule has 0 aliphatic rings. The number of rotatable bonds is 6. The molecule has 0 saturated carbocycles. The van der Waals surface area contributed by atoms with Gasteiger partial charge in [0.2, 0.25) is 0 Å². The third-order valence-corrected chi connectivity index (χ3v) is 4.06. The summed E-state index contributed by atoms with van der Waals surface area (Å²) in [6.07, 6.45) is 1.80. The van der Waals surface area contributed by atoms with Crippen LogP contribution < -0.4 is 10.1 Å². The minimum Gasteiger partial charge on any atom is -0.489 e. The standard InChI is InChI=1S/C18H18N2OS/c1-14-2-4-16(5-3-14)13-21-17-8-6-15(7-9-17)12-20-18-19-10-11-22-18/h2-11H,12-13H2,1H3,(H,19,20). The summed E-state index contributed by atoms with van der Waals surface area (Å²) in [5, 5.41) is 6.20. The van der Waals surface area contributed by atoms with Crippen LogP contribution in [-0.2, 0) is 13.2 Å². The van der Waals surface area contributed by atoms with E-state index in [4.69, 9.17) is 4.74 Å². The van der Waals surface area contributed by atoms with Gasteiger partial charge in [-0.05, 0) is 30.2 Å². The van der Waals surface area contributed by atoms with Gasteiger partial charge in [-0.25, -0.2) is 4.98 Å². The molecule has 112 valence electrons. The van der Waals surface area contributed by atoms with E-state index in [1.54, 1.807) is 17.5 Å². The number of ether oxygens (including phenoxy) is 1. The molecule has 22 heavy (non-hydrogen) atoms. The second-order valence-corrected chi connectivity index (χ2v) is 6.00. The molecule has 0 amide bonds. The zero-order valence-electron chi connectivity index (χ0n) is 12.5. The Kier molecular flexibility index (Phi) is 4.71. The van der Waals surface area contributed by atoms with Gasteiger partial charge in [0.05, 0.1) is 0 Å². The van der Waals surface area contributed by atoms with E-state index >= 15 is 0 Å². The summed E-state index contributed by atoms with van der Waals surface area (Å²) in [5.74, 6) is 0.888. The van der Waals surface area contributed by atoms with Crippen molar-refractivity contribution in [3.8, 4) is 5.75 Å². The highest BCUT2D eigenvalue weighted by atomic mass is 32.1. The Labute approximate surface area is 134 Å². The topological polar surface area (TPSA) is 34.1 Å². The first-order chi connectivity index (χ1) is 10.8. The molecule has 0 aliphatic heterocycles. The number of hydrogen-bond acceptors (Lipinski definition) is 4. The summed E-state index contributed by atoms with van der Waals surface area (Å²) >= 11 is 1.61. The van der Waals surface area contributed by atoms with Crippen LogP contribution in [0.2, 0.25) is 0 Å². The van der Waals surface area contributed by atoms with E-state index in [1.165, 1.54) is 16.7 Å². The second-order valence-electron chi connectivity index (χ2n) is 5.11. The van der Waals surface area contributed by atoms with Gasteiger partial charge >= 0.3 is 0 Å². The zero-order valence-corrected chi connectivity index (χ0v) is 13.3. The Morgan fingerprint density at radius 3 is 2.41 bits per heavy atom. The average Bonchev–Trinajstić information content (AvgIpc) is 3.07. The number of hydrogen-bond donors (Lipinski definition) is 1. The number of anilines is 1. The monoisotopic (exact) mass is 310 g/mol. The van der Waals surface area contributed by atoms with Crippen molar-refractivity contribution in [3.05, 3.63) is 76.8 Å². The SMILES string of the molecule is Cc1ccc(COc2ccc(CNc3nccs3)cc2)cc1. The Bertz CT molecular complexity index is 691. The molecule has 0 fully saturated rings. The maximum Gasteiger partial charge on any atom is 0.182 e. The Morgan fingerprint density at radius 1 is 1.00 bits per heavy atom. The van der Waals surface area contributed by atoms with E-state index in [0.717, 1.165) is 17.4 Å². The van der Waals surface area contributed by atoms with Crippen LogP contribution in [0.25, 0.3) is 0 Å². The van der Waals surface area contributed by atoms with Crippen molar-refractivity contribution in [2.75, 3.05) is 5.32 Å². The molecule has 3 aromatic rings. The number of benzene rings is 2. The fraction of sp³-hybridized carbons (Fsp3) is 0.167. The highest BCUT2D eigenvalue weighted by Gasteiger charge is 1.99. The lowest BCUT2D eigenvalue weighted by atomic mass is 10.2. The molecule has 1 aromatic heterocycles. The van der Waals surface area contributed by atoms with E-state index in [0.29, 0.717) is 6.61 Å². The van der Waals surface area contributed by atoms with Gasteiger partial charge in [0.25, 0.3) is 0 Å². The van der Waals surface area contributed by atoms with Crippen LogP contribution in [0.1, 0.15) is 16.7 Å². The summed E-state index contributed by atoms with van der Waals surface area (Å²) in [7, 11) is 0. The van der Waals surface area contributed by atoms with Gasteiger partial charge in [-0.1, -0.05) is 42.0 Å². The van der Waals surface area contributed by atoms with Crippen molar-refractivity contribution in [2.24, 2.45) is 0 Å². The lowest BCUT2D eigenvalue weighted by Gasteiger charge is -2.08. The summed E-state index contributed by atoms with van der Waals surface area (Å²) < 4.78 is 5.81. The smallest absolute Gasteiger partial charge is 0.182 e. The predicted octanol–water partition coefficient (Wildman–Crippen LogP) is 4.64. The minimum absolute atomic E-state index is 0.594. The lowest BCUT2D eigenvalue weighted by molar-refractivity contribution is 0.306. The van der Waals surface area contributed by atoms with E-state index in [-0.39, 0.29) is 0 Å².